The molecule has 0 saturated heterocycles. The molecule has 1 fully saturated rings. The molecule has 0 unspecified atom stereocenters. The fourth-order valence-electron chi connectivity index (χ4n) is 4.22. The molecule has 0 spiro atoms. The molecule has 29 heavy (non-hydrogen) atoms. The zero-order valence-corrected chi connectivity index (χ0v) is 19.3. The summed E-state index contributed by atoms with van der Waals surface area (Å²) in [5.74, 6) is 0.461. The van der Waals surface area contributed by atoms with Crippen LogP contribution in [0.4, 0.5) is 5.13 Å². The normalized spacial score (nSPS) is 16.2. The number of aromatic nitrogens is 1. The van der Waals surface area contributed by atoms with Crippen LogP contribution in [0.1, 0.15) is 66.2 Å². The first-order valence-electron chi connectivity index (χ1n) is 10.4. The fraction of sp³-hybridized carbons (Fsp3) is 0.619. The van der Waals surface area contributed by atoms with Crippen LogP contribution in [0.15, 0.2) is 23.1 Å². The van der Waals surface area contributed by atoms with Crippen molar-refractivity contribution in [3.05, 3.63) is 18.2 Å². The fourth-order valence-corrected chi connectivity index (χ4v) is 7.07. The third-order valence-corrected chi connectivity index (χ3v) is 8.58. The van der Waals surface area contributed by atoms with E-state index in [1.165, 1.54) is 34.9 Å². The van der Waals surface area contributed by atoms with Gasteiger partial charge in [0.1, 0.15) is 0 Å². The molecule has 1 aromatic heterocycles. The Morgan fingerprint density at radius 2 is 1.83 bits per heavy atom. The summed E-state index contributed by atoms with van der Waals surface area (Å²) in [6.45, 7) is 7.51. The van der Waals surface area contributed by atoms with Gasteiger partial charge in [-0.25, -0.2) is 13.4 Å². The molecule has 0 bridgehead atoms. The monoisotopic (exact) mass is 437 g/mol. The average molecular weight is 438 g/mol. The third kappa shape index (κ3) is 5.16. The van der Waals surface area contributed by atoms with Crippen molar-refractivity contribution >= 4 is 42.6 Å². The molecular formula is C21H31N3O3S2. The molecule has 1 N–H and O–H groups in total. The number of benzene rings is 1. The first-order chi connectivity index (χ1) is 13.7. The third-order valence-electron chi connectivity index (χ3n) is 5.40. The summed E-state index contributed by atoms with van der Waals surface area (Å²) in [5, 5.41) is 3.43. The van der Waals surface area contributed by atoms with Crippen LogP contribution in [0.25, 0.3) is 10.2 Å². The van der Waals surface area contributed by atoms with Gasteiger partial charge in [-0.3, -0.25) is 4.79 Å². The molecular weight excluding hydrogens is 406 g/mol. The van der Waals surface area contributed by atoms with Crippen molar-refractivity contribution in [1.82, 2.24) is 9.29 Å². The largest absolute Gasteiger partial charge is 0.302 e. The lowest BCUT2D eigenvalue weighted by Gasteiger charge is -2.29. The summed E-state index contributed by atoms with van der Waals surface area (Å²) in [7, 11) is -3.60. The highest BCUT2D eigenvalue weighted by atomic mass is 32.2. The number of carbonyl (C=O) groups is 1. The van der Waals surface area contributed by atoms with Crippen LogP contribution in [-0.4, -0.2) is 35.7 Å². The second-order valence-electron chi connectivity index (χ2n) is 8.43. The number of nitrogens with zero attached hydrogens (tertiary/aromatic N) is 2. The van der Waals surface area contributed by atoms with E-state index in [0.717, 1.165) is 17.5 Å². The van der Waals surface area contributed by atoms with E-state index >= 15 is 0 Å². The number of rotatable bonds is 7. The van der Waals surface area contributed by atoms with Crippen molar-refractivity contribution in [3.63, 3.8) is 0 Å². The highest BCUT2D eigenvalue weighted by Gasteiger charge is 2.29. The summed E-state index contributed by atoms with van der Waals surface area (Å²) >= 11 is 1.32. The number of sulfonamides is 1. The van der Waals surface area contributed by atoms with E-state index in [4.69, 9.17) is 0 Å². The van der Waals surface area contributed by atoms with Crippen molar-refractivity contribution < 1.29 is 13.2 Å². The molecule has 1 aliphatic rings. The van der Waals surface area contributed by atoms with Gasteiger partial charge in [0.25, 0.3) is 0 Å². The van der Waals surface area contributed by atoms with Crippen LogP contribution < -0.4 is 5.32 Å². The number of fused-ring (bicyclic) bond motifs is 1. The molecule has 1 heterocycles. The molecule has 0 atom stereocenters. The SMILES string of the molecule is CC(C)N(C(C)C)S(=O)(=O)c1ccc2nc(NC(=O)CC3CCCCC3)sc2c1. The molecule has 1 aliphatic carbocycles. The summed E-state index contributed by atoms with van der Waals surface area (Å²) in [4.78, 5) is 17.1. The maximum Gasteiger partial charge on any atom is 0.243 e. The van der Waals surface area contributed by atoms with Gasteiger partial charge < -0.3 is 5.32 Å². The summed E-state index contributed by atoms with van der Waals surface area (Å²) in [5.41, 5.74) is 0.697. The molecule has 1 saturated carbocycles. The standard InChI is InChI=1S/C21H31N3O3S2/c1-14(2)24(15(3)4)29(26,27)17-10-11-18-19(13-17)28-21(22-18)23-20(25)12-16-8-6-5-7-9-16/h10-11,13-16H,5-9,12H2,1-4H3,(H,22,23,25). The minimum absolute atomic E-state index is 0.00501. The Morgan fingerprint density at radius 3 is 2.45 bits per heavy atom. The van der Waals surface area contributed by atoms with Gasteiger partial charge in [-0.15, -0.1) is 0 Å². The average Bonchev–Trinajstić information content (AvgIpc) is 3.02. The molecule has 2 aromatic rings. The van der Waals surface area contributed by atoms with Crippen LogP contribution >= 0.6 is 11.3 Å². The van der Waals surface area contributed by atoms with Crippen molar-refractivity contribution in [3.8, 4) is 0 Å². The zero-order chi connectivity index (χ0) is 21.2. The molecule has 0 aliphatic heterocycles. The van der Waals surface area contributed by atoms with E-state index in [1.807, 2.05) is 27.7 Å². The maximum atomic E-state index is 13.1. The molecule has 1 amide bonds. The number of nitrogens with one attached hydrogen (secondary N) is 1. The van der Waals surface area contributed by atoms with E-state index in [-0.39, 0.29) is 22.9 Å². The minimum Gasteiger partial charge on any atom is -0.302 e. The zero-order valence-electron chi connectivity index (χ0n) is 17.6. The van der Waals surface area contributed by atoms with E-state index in [2.05, 4.69) is 10.3 Å². The van der Waals surface area contributed by atoms with Gasteiger partial charge in [0.15, 0.2) is 5.13 Å². The second kappa shape index (κ2) is 9.10. The number of hydrogen-bond acceptors (Lipinski definition) is 5. The van der Waals surface area contributed by atoms with Gasteiger partial charge in [-0.05, 0) is 64.7 Å². The van der Waals surface area contributed by atoms with Crippen LogP contribution in [0.5, 0.6) is 0 Å². The first kappa shape index (κ1) is 22.2. The summed E-state index contributed by atoms with van der Waals surface area (Å²) < 4.78 is 28.5. The van der Waals surface area contributed by atoms with Crippen molar-refractivity contribution in [1.29, 1.82) is 0 Å². The Bertz CT molecular complexity index is 953. The van der Waals surface area contributed by atoms with Crippen molar-refractivity contribution in [2.45, 2.75) is 83.2 Å². The predicted octanol–water partition coefficient (Wildman–Crippen LogP) is 5.01. The first-order valence-corrected chi connectivity index (χ1v) is 12.7. The van der Waals surface area contributed by atoms with Gasteiger partial charge in [0, 0.05) is 18.5 Å². The van der Waals surface area contributed by atoms with E-state index < -0.39 is 10.0 Å². The summed E-state index contributed by atoms with van der Waals surface area (Å²) in [6, 6.07) is 4.71. The molecule has 160 valence electrons. The Labute approximate surface area is 177 Å². The van der Waals surface area contributed by atoms with Crippen LogP contribution in [0.2, 0.25) is 0 Å². The Kier molecular flexibility index (Phi) is 6.96. The number of thiazole rings is 1. The van der Waals surface area contributed by atoms with Crippen LogP contribution in [0, 0.1) is 5.92 Å². The molecule has 1 aromatic carbocycles. The second-order valence-corrected chi connectivity index (χ2v) is 11.3. The number of carbonyl (C=O) groups excluding carboxylic acids is 1. The Hall–Kier alpha value is -1.51. The minimum atomic E-state index is -3.60. The number of amides is 1. The number of hydrogen-bond donors (Lipinski definition) is 1. The van der Waals surface area contributed by atoms with Gasteiger partial charge in [0.05, 0.1) is 15.1 Å². The van der Waals surface area contributed by atoms with Gasteiger partial charge in [-0.2, -0.15) is 4.31 Å². The highest BCUT2D eigenvalue weighted by Crippen LogP contribution is 2.31. The number of anilines is 1. The Balaban J connectivity index is 1.78. The molecule has 0 radical (unpaired) electrons. The summed E-state index contributed by atoms with van der Waals surface area (Å²) in [6.07, 6.45) is 6.47. The predicted molar refractivity (Wildman–Crippen MR) is 119 cm³/mol. The van der Waals surface area contributed by atoms with Crippen LogP contribution in [-0.2, 0) is 14.8 Å². The maximum absolute atomic E-state index is 13.1. The Morgan fingerprint density at radius 1 is 1.17 bits per heavy atom. The quantitative estimate of drug-likeness (QED) is 0.660. The van der Waals surface area contributed by atoms with Crippen LogP contribution in [0.3, 0.4) is 0 Å². The van der Waals surface area contributed by atoms with Gasteiger partial charge >= 0.3 is 0 Å². The highest BCUT2D eigenvalue weighted by molar-refractivity contribution is 7.89. The molecule has 8 heteroatoms. The lowest BCUT2D eigenvalue weighted by Crippen LogP contribution is -2.41. The van der Waals surface area contributed by atoms with Gasteiger partial charge in [0.2, 0.25) is 15.9 Å². The smallest absolute Gasteiger partial charge is 0.243 e. The lowest BCUT2D eigenvalue weighted by molar-refractivity contribution is -0.117. The molecule has 6 nitrogen and oxygen atoms in total. The molecule has 3 rings (SSSR count). The van der Waals surface area contributed by atoms with Crippen molar-refractivity contribution in [2.24, 2.45) is 5.92 Å². The lowest BCUT2D eigenvalue weighted by atomic mass is 9.87. The van der Waals surface area contributed by atoms with Gasteiger partial charge in [-0.1, -0.05) is 30.6 Å². The van der Waals surface area contributed by atoms with E-state index in [1.54, 1.807) is 18.2 Å². The van der Waals surface area contributed by atoms with E-state index in [0.29, 0.717) is 23.0 Å². The van der Waals surface area contributed by atoms with E-state index in [9.17, 15) is 13.2 Å². The topological polar surface area (TPSA) is 79.4 Å². The van der Waals surface area contributed by atoms with Crippen molar-refractivity contribution in [2.75, 3.05) is 5.32 Å².